The zero-order valence-electron chi connectivity index (χ0n) is 21.2. The van der Waals surface area contributed by atoms with Gasteiger partial charge >= 0.3 is 0 Å². The van der Waals surface area contributed by atoms with Crippen LogP contribution in [0.4, 0.5) is 17.5 Å². The van der Waals surface area contributed by atoms with Gasteiger partial charge in [0.2, 0.25) is 11.9 Å². The molecule has 2 fully saturated rings. The van der Waals surface area contributed by atoms with Crippen LogP contribution in [0.1, 0.15) is 55.8 Å². The van der Waals surface area contributed by atoms with Crippen LogP contribution in [0.3, 0.4) is 0 Å². The third kappa shape index (κ3) is 6.66. The molecule has 1 saturated heterocycles. The molecule has 2 amide bonds. The summed E-state index contributed by atoms with van der Waals surface area (Å²) < 4.78 is 10.9. The summed E-state index contributed by atoms with van der Waals surface area (Å²) in [5.41, 5.74) is 2.10. The fourth-order valence-electron chi connectivity index (χ4n) is 4.73. The maximum Gasteiger partial charge on any atom is 0.251 e. The van der Waals surface area contributed by atoms with Crippen molar-refractivity contribution in [3.8, 4) is 5.75 Å². The summed E-state index contributed by atoms with van der Waals surface area (Å²) in [7, 11) is 3.52. The van der Waals surface area contributed by atoms with Crippen molar-refractivity contribution in [3.63, 3.8) is 0 Å². The molecule has 0 spiro atoms. The normalized spacial score (nSPS) is 20.3. The fraction of sp³-hybridized carbons (Fsp3) is 0.520. The first-order valence-electron chi connectivity index (χ1n) is 12.6. The van der Waals surface area contributed by atoms with Gasteiger partial charge in [0.05, 0.1) is 12.8 Å². The van der Waals surface area contributed by atoms with Crippen molar-refractivity contribution >= 4 is 42.6 Å². The molecule has 1 aromatic heterocycles. The summed E-state index contributed by atoms with van der Waals surface area (Å²) in [6.07, 6.45) is 7.50. The van der Waals surface area contributed by atoms with Gasteiger partial charge in [-0.3, -0.25) is 9.59 Å². The molecule has 11 heteroatoms. The summed E-state index contributed by atoms with van der Waals surface area (Å²) in [6, 6.07) is 5.56. The predicted molar refractivity (Wildman–Crippen MR) is 141 cm³/mol. The summed E-state index contributed by atoms with van der Waals surface area (Å²) in [4.78, 5) is 33.5. The highest BCUT2D eigenvalue weighted by Crippen LogP contribution is 2.28. The molecule has 1 aliphatic heterocycles. The quantitative estimate of drug-likeness (QED) is 0.404. The van der Waals surface area contributed by atoms with E-state index in [1.54, 1.807) is 38.4 Å². The van der Waals surface area contributed by atoms with E-state index < -0.39 is 0 Å². The third-order valence-corrected chi connectivity index (χ3v) is 6.72. The molecule has 1 aliphatic carbocycles. The van der Waals surface area contributed by atoms with Crippen LogP contribution in [0.5, 0.6) is 5.75 Å². The number of aromatic nitrogens is 2. The minimum Gasteiger partial charge on any atom is -0.495 e. The number of nitrogens with one attached hydrogen (secondary N) is 4. The van der Waals surface area contributed by atoms with Crippen LogP contribution in [0.15, 0.2) is 24.4 Å². The number of benzene rings is 1. The van der Waals surface area contributed by atoms with Crippen LogP contribution in [0.25, 0.3) is 0 Å². The molecule has 0 bridgehead atoms. The average molecular weight is 494 g/mol. The molecule has 2 aliphatic rings. The van der Waals surface area contributed by atoms with Crippen LogP contribution in [0, 0.1) is 0 Å². The maximum absolute atomic E-state index is 12.7. The van der Waals surface area contributed by atoms with Crippen molar-refractivity contribution in [2.45, 2.75) is 63.6 Å². The number of hydrogen-bond donors (Lipinski definition) is 4. The largest absolute Gasteiger partial charge is 0.495 e. The van der Waals surface area contributed by atoms with Crippen molar-refractivity contribution in [2.75, 3.05) is 31.0 Å². The topological polar surface area (TPSA) is 126 Å². The smallest absolute Gasteiger partial charge is 0.251 e. The van der Waals surface area contributed by atoms with Crippen LogP contribution in [-0.2, 0) is 9.53 Å². The Morgan fingerprint density at radius 2 is 1.83 bits per heavy atom. The first kappa shape index (κ1) is 25.7. The predicted octanol–water partition coefficient (Wildman–Crippen LogP) is 1.26. The highest BCUT2D eigenvalue weighted by molar-refractivity contribution is 6.35. The van der Waals surface area contributed by atoms with E-state index in [9.17, 15) is 9.59 Å². The second-order valence-corrected chi connectivity index (χ2v) is 9.47. The number of carbonyl (C=O) groups excluding carboxylic acids is 2. The Kier molecular flexibility index (Phi) is 8.63. The molecule has 4 N–H and O–H groups in total. The van der Waals surface area contributed by atoms with Gasteiger partial charge in [-0.25, -0.2) is 4.98 Å². The zero-order valence-corrected chi connectivity index (χ0v) is 21.2. The highest BCUT2D eigenvalue weighted by Gasteiger charge is 2.26. The second-order valence-electron chi connectivity index (χ2n) is 9.47. The molecular weight excluding hydrogens is 459 g/mol. The number of ether oxygens (including phenoxy) is 2. The van der Waals surface area contributed by atoms with E-state index in [1.165, 1.54) is 0 Å². The monoisotopic (exact) mass is 494 g/mol. The Bertz CT molecular complexity index is 1080. The standard InChI is InChI=1S/C25H35BN6O4/c1-15(33)28-19-5-3-4-6-20(19)30-23-18(26)14-27-25(32-23)31-21-8-7-16(13-22(21)35-2)24(34)29-17-9-11-36-12-10-17/h7-8,13-14,17,19-20H,3-6,9-12,26H2,1-2H3,(H,28,33)(H,29,34)(H2,27,30,31,32)/t19-,20-/m1/s1. The van der Waals surface area contributed by atoms with Gasteiger partial charge in [0.25, 0.3) is 5.91 Å². The van der Waals surface area contributed by atoms with Gasteiger partial charge in [-0.2, -0.15) is 4.98 Å². The number of hydrogen-bond acceptors (Lipinski definition) is 8. The third-order valence-electron chi connectivity index (χ3n) is 6.72. The summed E-state index contributed by atoms with van der Waals surface area (Å²) >= 11 is 0. The second kappa shape index (κ2) is 12.1. The van der Waals surface area contributed by atoms with Crippen molar-refractivity contribution in [1.82, 2.24) is 20.6 Å². The van der Waals surface area contributed by atoms with Gasteiger partial charge in [-0.1, -0.05) is 12.8 Å². The number of methoxy groups -OCH3 is 1. The molecule has 2 aromatic rings. The summed E-state index contributed by atoms with van der Waals surface area (Å²) in [6.45, 7) is 2.88. The van der Waals surface area contributed by atoms with Crippen molar-refractivity contribution in [2.24, 2.45) is 0 Å². The minimum atomic E-state index is -0.133. The van der Waals surface area contributed by atoms with Crippen molar-refractivity contribution < 1.29 is 19.1 Å². The Labute approximate surface area is 212 Å². The minimum absolute atomic E-state index is 0.0209. The van der Waals surface area contributed by atoms with Gasteiger partial charge in [-0.15, -0.1) is 0 Å². The van der Waals surface area contributed by atoms with Crippen LogP contribution in [0.2, 0.25) is 0 Å². The molecule has 0 unspecified atom stereocenters. The number of amides is 2. The van der Waals surface area contributed by atoms with E-state index in [2.05, 4.69) is 26.3 Å². The molecular formula is C25H35BN6O4. The van der Waals surface area contributed by atoms with Crippen LogP contribution < -0.4 is 31.5 Å². The van der Waals surface area contributed by atoms with Crippen molar-refractivity contribution in [1.29, 1.82) is 0 Å². The summed E-state index contributed by atoms with van der Waals surface area (Å²) in [5, 5.41) is 12.9. The molecule has 36 heavy (non-hydrogen) atoms. The Hall–Kier alpha value is -3.34. The van der Waals surface area contributed by atoms with Crippen LogP contribution >= 0.6 is 0 Å². The van der Waals surface area contributed by atoms with E-state index >= 15 is 0 Å². The van der Waals surface area contributed by atoms with Gasteiger partial charge in [0.15, 0.2) is 0 Å². The van der Waals surface area contributed by atoms with E-state index in [1.807, 2.05) is 7.85 Å². The lowest BCUT2D eigenvalue weighted by Crippen LogP contribution is -2.48. The van der Waals surface area contributed by atoms with Gasteiger partial charge in [0.1, 0.15) is 19.4 Å². The lowest BCUT2D eigenvalue weighted by molar-refractivity contribution is -0.119. The van der Waals surface area contributed by atoms with Gasteiger partial charge in [-0.05, 0) is 49.3 Å². The highest BCUT2D eigenvalue weighted by atomic mass is 16.5. The number of rotatable bonds is 8. The lowest BCUT2D eigenvalue weighted by atomic mass is 9.89. The molecule has 192 valence electrons. The number of nitrogens with zero attached hydrogens (tertiary/aromatic N) is 2. The first-order chi connectivity index (χ1) is 17.4. The zero-order chi connectivity index (χ0) is 25.5. The number of carbonyl (C=O) groups is 2. The molecule has 0 radical (unpaired) electrons. The van der Waals surface area contributed by atoms with E-state index in [0.717, 1.165) is 49.8 Å². The van der Waals surface area contributed by atoms with Gasteiger partial charge in [0, 0.05) is 50.0 Å². The molecule has 2 heterocycles. The van der Waals surface area contributed by atoms with Gasteiger partial charge < -0.3 is 30.7 Å². The Balaban J connectivity index is 1.46. The molecule has 10 nitrogen and oxygen atoms in total. The fourth-order valence-corrected chi connectivity index (χ4v) is 4.73. The Morgan fingerprint density at radius 1 is 1.08 bits per heavy atom. The molecule has 2 atom stereocenters. The Morgan fingerprint density at radius 3 is 2.56 bits per heavy atom. The molecule has 1 aromatic carbocycles. The molecule has 1 saturated carbocycles. The lowest BCUT2D eigenvalue weighted by Gasteiger charge is -2.33. The SMILES string of the molecule is Bc1cnc(Nc2ccc(C(=O)NC3CCOCC3)cc2OC)nc1N[C@@H]1CCCC[C@H]1NC(C)=O. The van der Waals surface area contributed by atoms with Crippen molar-refractivity contribution in [3.05, 3.63) is 30.0 Å². The first-order valence-corrected chi connectivity index (χ1v) is 12.6. The van der Waals surface area contributed by atoms with Crippen LogP contribution in [-0.4, -0.2) is 68.1 Å². The average Bonchev–Trinajstić information content (AvgIpc) is 2.87. The summed E-state index contributed by atoms with van der Waals surface area (Å²) in [5.74, 6) is 1.50. The van der Waals surface area contributed by atoms with E-state index in [0.29, 0.717) is 36.2 Å². The number of anilines is 3. The van der Waals surface area contributed by atoms with E-state index in [4.69, 9.17) is 14.5 Å². The van der Waals surface area contributed by atoms with E-state index in [-0.39, 0.29) is 29.9 Å². The maximum atomic E-state index is 12.7. The molecule has 4 rings (SSSR count).